The first-order chi connectivity index (χ1) is 7.67. The highest BCUT2D eigenvalue weighted by Crippen LogP contribution is 2.15. The Morgan fingerprint density at radius 3 is 2.25 bits per heavy atom. The number of ether oxygens (including phenoxy) is 1. The molecule has 0 spiro atoms. The van der Waals surface area contributed by atoms with Gasteiger partial charge in [-0.3, -0.25) is 0 Å². The van der Waals surface area contributed by atoms with Gasteiger partial charge >= 0.3 is 0 Å². The summed E-state index contributed by atoms with van der Waals surface area (Å²) in [5.74, 6) is 1.52. The Hall–Kier alpha value is -1.09. The molecule has 16 heavy (non-hydrogen) atoms. The summed E-state index contributed by atoms with van der Waals surface area (Å²) in [6.07, 6.45) is 2.31. The van der Waals surface area contributed by atoms with Crippen LogP contribution in [0.4, 0.5) is 0 Å². The second kappa shape index (κ2) is 6.48. The van der Waals surface area contributed by atoms with Gasteiger partial charge in [0.25, 0.3) is 0 Å². The number of hydrogen-bond acceptors (Lipinski definition) is 2. The van der Waals surface area contributed by atoms with Gasteiger partial charge in [0.05, 0.1) is 6.61 Å². The van der Waals surface area contributed by atoms with E-state index in [1.54, 1.807) is 0 Å². The third-order valence-electron chi connectivity index (χ3n) is 2.78. The zero-order valence-corrected chi connectivity index (χ0v) is 10.7. The minimum Gasteiger partial charge on any atom is -0.493 e. The molecule has 0 aromatic heterocycles. The molecule has 0 fully saturated rings. The highest BCUT2D eigenvalue weighted by molar-refractivity contribution is 7.80. The van der Waals surface area contributed by atoms with Gasteiger partial charge in [-0.05, 0) is 30.2 Å². The van der Waals surface area contributed by atoms with Gasteiger partial charge < -0.3 is 10.5 Å². The van der Waals surface area contributed by atoms with Crippen molar-refractivity contribution in [3.63, 3.8) is 0 Å². The van der Waals surface area contributed by atoms with Crippen LogP contribution in [-0.4, -0.2) is 11.6 Å². The van der Waals surface area contributed by atoms with Crippen molar-refractivity contribution in [1.29, 1.82) is 0 Å². The molecule has 0 radical (unpaired) electrons. The standard InChI is InChI=1S/C13H19NOS/c1-3-10(4-2)9-15-12-7-5-11(6-8-12)13(14)16/h5-8,10H,3-4,9H2,1-2H3,(H2,14,16). The average molecular weight is 237 g/mol. The molecule has 0 aliphatic heterocycles. The minimum atomic E-state index is 0.423. The molecule has 0 saturated carbocycles. The van der Waals surface area contributed by atoms with E-state index in [1.165, 1.54) is 0 Å². The molecule has 0 unspecified atom stereocenters. The minimum absolute atomic E-state index is 0.423. The Labute approximate surface area is 103 Å². The van der Waals surface area contributed by atoms with Crippen molar-refractivity contribution in [2.45, 2.75) is 26.7 Å². The van der Waals surface area contributed by atoms with Crippen molar-refractivity contribution in [2.75, 3.05) is 6.61 Å². The Morgan fingerprint density at radius 1 is 1.25 bits per heavy atom. The maximum absolute atomic E-state index is 5.70. The van der Waals surface area contributed by atoms with E-state index in [-0.39, 0.29) is 0 Å². The van der Waals surface area contributed by atoms with Crippen LogP contribution in [0.15, 0.2) is 24.3 Å². The lowest BCUT2D eigenvalue weighted by Crippen LogP contribution is -2.11. The van der Waals surface area contributed by atoms with E-state index in [0.29, 0.717) is 10.9 Å². The molecule has 2 nitrogen and oxygen atoms in total. The van der Waals surface area contributed by atoms with Crippen LogP contribution >= 0.6 is 12.2 Å². The summed E-state index contributed by atoms with van der Waals surface area (Å²) in [6.45, 7) is 5.15. The molecule has 3 heteroatoms. The maximum Gasteiger partial charge on any atom is 0.119 e. The van der Waals surface area contributed by atoms with Gasteiger partial charge in [0, 0.05) is 5.56 Å². The summed E-state index contributed by atoms with van der Waals surface area (Å²) >= 11 is 4.89. The lowest BCUT2D eigenvalue weighted by molar-refractivity contribution is 0.240. The third kappa shape index (κ3) is 3.81. The lowest BCUT2D eigenvalue weighted by Gasteiger charge is -2.13. The molecule has 1 rings (SSSR count). The van der Waals surface area contributed by atoms with E-state index < -0.39 is 0 Å². The van der Waals surface area contributed by atoms with Gasteiger partial charge in [0.2, 0.25) is 0 Å². The van der Waals surface area contributed by atoms with Crippen LogP contribution in [0, 0.1) is 5.92 Å². The first-order valence-corrected chi connectivity index (χ1v) is 6.10. The van der Waals surface area contributed by atoms with E-state index in [2.05, 4.69) is 13.8 Å². The van der Waals surface area contributed by atoms with Gasteiger partial charge in [-0.15, -0.1) is 0 Å². The number of benzene rings is 1. The van der Waals surface area contributed by atoms with E-state index in [9.17, 15) is 0 Å². The van der Waals surface area contributed by atoms with Gasteiger partial charge in [-0.1, -0.05) is 38.9 Å². The highest BCUT2D eigenvalue weighted by Gasteiger charge is 2.04. The zero-order chi connectivity index (χ0) is 12.0. The summed E-state index contributed by atoms with van der Waals surface area (Å²) in [5.41, 5.74) is 6.40. The van der Waals surface area contributed by atoms with Crippen LogP contribution in [0.25, 0.3) is 0 Å². The molecule has 1 aromatic carbocycles. The molecule has 0 amide bonds. The Kier molecular flexibility index (Phi) is 5.26. The summed E-state index contributed by atoms with van der Waals surface area (Å²) in [5, 5.41) is 0. The molecule has 0 aliphatic rings. The van der Waals surface area contributed by atoms with Crippen LogP contribution < -0.4 is 10.5 Å². The molecule has 1 aromatic rings. The summed E-state index contributed by atoms with van der Waals surface area (Å²) < 4.78 is 5.70. The molecule has 0 aliphatic carbocycles. The second-order valence-electron chi connectivity index (χ2n) is 3.88. The smallest absolute Gasteiger partial charge is 0.119 e. The molecular weight excluding hydrogens is 218 g/mol. The summed E-state index contributed by atoms with van der Waals surface area (Å²) in [6, 6.07) is 7.61. The summed E-state index contributed by atoms with van der Waals surface area (Å²) in [7, 11) is 0. The maximum atomic E-state index is 5.70. The number of hydrogen-bond donors (Lipinski definition) is 1. The first kappa shape index (κ1) is 13.0. The molecule has 0 atom stereocenters. The van der Waals surface area contributed by atoms with Crippen molar-refractivity contribution in [1.82, 2.24) is 0 Å². The van der Waals surface area contributed by atoms with Crippen molar-refractivity contribution in [2.24, 2.45) is 11.7 Å². The van der Waals surface area contributed by atoms with Crippen molar-refractivity contribution >= 4 is 17.2 Å². The predicted octanol–water partition coefficient (Wildman–Crippen LogP) is 3.14. The van der Waals surface area contributed by atoms with E-state index in [1.807, 2.05) is 24.3 Å². The van der Waals surface area contributed by atoms with Crippen LogP contribution in [0.5, 0.6) is 5.75 Å². The second-order valence-corrected chi connectivity index (χ2v) is 4.32. The average Bonchev–Trinajstić information content (AvgIpc) is 2.31. The number of nitrogens with two attached hydrogens (primary N) is 1. The lowest BCUT2D eigenvalue weighted by atomic mass is 10.1. The Morgan fingerprint density at radius 2 is 1.81 bits per heavy atom. The Bertz CT molecular complexity index is 330. The topological polar surface area (TPSA) is 35.2 Å². The third-order valence-corrected chi connectivity index (χ3v) is 3.01. The SMILES string of the molecule is CCC(CC)COc1ccc(C(N)=S)cc1. The van der Waals surface area contributed by atoms with Gasteiger partial charge in [0.15, 0.2) is 0 Å². The highest BCUT2D eigenvalue weighted by atomic mass is 32.1. The van der Waals surface area contributed by atoms with E-state index >= 15 is 0 Å². The molecule has 0 saturated heterocycles. The fourth-order valence-corrected chi connectivity index (χ4v) is 1.59. The Balaban J connectivity index is 2.52. The first-order valence-electron chi connectivity index (χ1n) is 5.70. The molecule has 0 heterocycles. The summed E-state index contributed by atoms with van der Waals surface area (Å²) in [4.78, 5) is 0.423. The van der Waals surface area contributed by atoms with Crippen LogP contribution in [-0.2, 0) is 0 Å². The van der Waals surface area contributed by atoms with Crippen LogP contribution in [0.1, 0.15) is 32.3 Å². The van der Waals surface area contributed by atoms with Crippen molar-refractivity contribution in [3.8, 4) is 5.75 Å². The fraction of sp³-hybridized carbons (Fsp3) is 0.462. The van der Waals surface area contributed by atoms with Crippen molar-refractivity contribution < 1.29 is 4.74 Å². The molecule has 88 valence electrons. The van der Waals surface area contributed by atoms with E-state index in [4.69, 9.17) is 22.7 Å². The monoisotopic (exact) mass is 237 g/mol. The van der Waals surface area contributed by atoms with E-state index in [0.717, 1.165) is 30.8 Å². The number of rotatable bonds is 6. The van der Waals surface area contributed by atoms with Crippen molar-refractivity contribution in [3.05, 3.63) is 29.8 Å². The van der Waals surface area contributed by atoms with Crippen LogP contribution in [0.2, 0.25) is 0 Å². The fourth-order valence-electron chi connectivity index (χ4n) is 1.45. The number of thiocarbonyl (C=S) groups is 1. The molecular formula is C13H19NOS. The molecule has 2 N–H and O–H groups in total. The van der Waals surface area contributed by atoms with Gasteiger partial charge in [0.1, 0.15) is 10.7 Å². The van der Waals surface area contributed by atoms with Crippen LogP contribution in [0.3, 0.4) is 0 Å². The largest absolute Gasteiger partial charge is 0.493 e. The predicted molar refractivity (Wildman–Crippen MR) is 71.9 cm³/mol. The van der Waals surface area contributed by atoms with Gasteiger partial charge in [-0.2, -0.15) is 0 Å². The quantitative estimate of drug-likeness (QED) is 0.772. The normalized spacial score (nSPS) is 10.4. The zero-order valence-electron chi connectivity index (χ0n) is 9.90. The molecule has 0 bridgehead atoms. The van der Waals surface area contributed by atoms with Gasteiger partial charge in [-0.25, -0.2) is 0 Å².